The lowest BCUT2D eigenvalue weighted by molar-refractivity contribution is -0.138. The van der Waals surface area contributed by atoms with Crippen LogP contribution in [0.25, 0.3) is 0 Å². The van der Waals surface area contributed by atoms with Gasteiger partial charge in [-0.2, -0.15) is 4.31 Å². The van der Waals surface area contributed by atoms with Gasteiger partial charge in [0.05, 0.1) is 30.6 Å². The van der Waals surface area contributed by atoms with E-state index in [1.165, 1.54) is 11.4 Å². The van der Waals surface area contributed by atoms with Gasteiger partial charge in [-0.25, -0.2) is 13.4 Å². The molecule has 0 spiro atoms. The predicted octanol–water partition coefficient (Wildman–Crippen LogP) is 2.85. The lowest BCUT2D eigenvalue weighted by atomic mass is 9.95. The van der Waals surface area contributed by atoms with Gasteiger partial charge in [0, 0.05) is 32.3 Å². The van der Waals surface area contributed by atoms with Crippen LogP contribution in [0.2, 0.25) is 0 Å². The van der Waals surface area contributed by atoms with E-state index in [4.69, 9.17) is 9.47 Å². The first-order chi connectivity index (χ1) is 17.2. The molecule has 9 nitrogen and oxygen atoms in total. The Bertz CT molecular complexity index is 1300. The van der Waals surface area contributed by atoms with Crippen molar-refractivity contribution >= 4 is 15.9 Å². The number of nitrogens with zero attached hydrogens (tertiary/aromatic N) is 3. The van der Waals surface area contributed by atoms with Crippen LogP contribution in [0.3, 0.4) is 0 Å². The number of carbonyl (C=O) groups excluding carboxylic acids is 1. The number of sulfonamides is 1. The fourth-order valence-corrected chi connectivity index (χ4v) is 6.22. The molecule has 4 rings (SSSR count). The van der Waals surface area contributed by atoms with Crippen LogP contribution >= 0.6 is 0 Å². The predicted molar refractivity (Wildman–Crippen MR) is 135 cm³/mol. The van der Waals surface area contributed by atoms with E-state index in [2.05, 4.69) is 9.97 Å². The normalized spacial score (nSPS) is 15.7. The number of aromatic nitrogens is 2. The van der Waals surface area contributed by atoms with Gasteiger partial charge in [-0.1, -0.05) is 30.3 Å². The molecule has 10 heteroatoms. The van der Waals surface area contributed by atoms with Gasteiger partial charge in [0.1, 0.15) is 18.4 Å². The molecule has 0 bridgehead atoms. The summed E-state index contributed by atoms with van der Waals surface area (Å²) in [5.41, 5.74) is 4.09. The quantitative estimate of drug-likeness (QED) is 0.442. The molecule has 1 aromatic heterocycles. The minimum absolute atomic E-state index is 0.0905. The van der Waals surface area contributed by atoms with E-state index < -0.39 is 10.0 Å². The number of H-pyrrole nitrogens is 1. The molecule has 2 aromatic carbocycles. The second-order valence-corrected chi connectivity index (χ2v) is 10.9. The summed E-state index contributed by atoms with van der Waals surface area (Å²) in [6.07, 6.45) is 2.35. The largest absolute Gasteiger partial charge is 0.497 e. The molecular formula is C26H32N4O5S. The Balaban J connectivity index is 1.38. The third kappa shape index (κ3) is 5.16. The fraction of sp³-hybridized carbons (Fsp3) is 0.385. The maximum absolute atomic E-state index is 13.2. The molecule has 2 heterocycles. The number of nitrogens with one attached hydrogen (secondary N) is 1. The zero-order valence-corrected chi connectivity index (χ0v) is 21.8. The SMILES string of the molecule is COc1cc(C)c(S(=O)(=O)N(C)CCOCC(=O)N2CCc3[nH]cnc3C2c2ccccc2)c(C)c1. The van der Waals surface area contributed by atoms with Crippen molar-refractivity contribution < 1.29 is 22.7 Å². The van der Waals surface area contributed by atoms with Crippen molar-refractivity contribution in [3.8, 4) is 5.75 Å². The highest BCUT2D eigenvalue weighted by Crippen LogP contribution is 2.33. The molecule has 3 aromatic rings. The maximum Gasteiger partial charge on any atom is 0.249 e. The van der Waals surface area contributed by atoms with Crippen molar-refractivity contribution in [2.24, 2.45) is 0 Å². The second kappa shape index (κ2) is 10.8. The summed E-state index contributed by atoms with van der Waals surface area (Å²) in [7, 11) is -0.667. The number of hydrogen-bond acceptors (Lipinski definition) is 6. The van der Waals surface area contributed by atoms with Crippen LogP contribution in [-0.4, -0.2) is 74.0 Å². The number of imidazole rings is 1. The van der Waals surface area contributed by atoms with E-state index in [1.807, 2.05) is 30.3 Å². The third-order valence-electron chi connectivity index (χ3n) is 6.47. The number of hydrogen-bond donors (Lipinski definition) is 1. The van der Waals surface area contributed by atoms with Gasteiger partial charge in [-0.05, 0) is 42.7 Å². The number of benzene rings is 2. The lowest BCUT2D eigenvalue weighted by Crippen LogP contribution is -2.42. The van der Waals surface area contributed by atoms with Crippen molar-refractivity contribution in [1.29, 1.82) is 0 Å². The number of methoxy groups -OCH3 is 1. The number of aryl methyl sites for hydroxylation is 2. The van der Waals surface area contributed by atoms with Gasteiger partial charge < -0.3 is 19.4 Å². The topological polar surface area (TPSA) is 105 Å². The van der Waals surface area contributed by atoms with Crippen LogP contribution in [0.5, 0.6) is 5.75 Å². The molecule has 192 valence electrons. The Labute approximate surface area is 212 Å². The highest BCUT2D eigenvalue weighted by atomic mass is 32.2. The third-order valence-corrected chi connectivity index (χ3v) is 8.64. The Kier molecular flexibility index (Phi) is 7.77. The Morgan fingerprint density at radius 3 is 2.56 bits per heavy atom. The monoisotopic (exact) mass is 512 g/mol. The average molecular weight is 513 g/mol. The van der Waals surface area contributed by atoms with E-state index >= 15 is 0 Å². The van der Waals surface area contributed by atoms with Crippen molar-refractivity contribution in [1.82, 2.24) is 19.2 Å². The van der Waals surface area contributed by atoms with Gasteiger partial charge in [0.15, 0.2) is 0 Å². The molecule has 1 N–H and O–H groups in total. The van der Waals surface area contributed by atoms with Crippen LogP contribution < -0.4 is 4.74 Å². The molecule has 1 aliphatic rings. The summed E-state index contributed by atoms with van der Waals surface area (Å²) in [5.74, 6) is 0.451. The molecule has 0 radical (unpaired) electrons. The van der Waals surface area contributed by atoms with Crippen LogP contribution in [-0.2, 0) is 26.0 Å². The van der Waals surface area contributed by atoms with Crippen LogP contribution in [0, 0.1) is 13.8 Å². The number of amides is 1. The highest BCUT2D eigenvalue weighted by Gasteiger charge is 2.34. The summed E-state index contributed by atoms with van der Waals surface area (Å²) in [6.45, 7) is 4.11. The average Bonchev–Trinajstić information content (AvgIpc) is 3.34. The van der Waals surface area contributed by atoms with E-state index in [0.29, 0.717) is 29.8 Å². The van der Waals surface area contributed by atoms with Gasteiger partial charge in [0.25, 0.3) is 0 Å². The van der Waals surface area contributed by atoms with Crippen molar-refractivity contribution in [3.63, 3.8) is 0 Å². The van der Waals surface area contributed by atoms with Crippen molar-refractivity contribution in [3.05, 3.63) is 76.9 Å². The molecule has 1 aliphatic heterocycles. The fourth-order valence-electron chi connectivity index (χ4n) is 4.67. The first kappa shape index (κ1) is 25.9. The second-order valence-electron chi connectivity index (χ2n) is 8.89. The maximum atomic E-state index is 13.2. The van der Waals surface area contributed by atoms with Gasteiger partial charge in [0.2, 0.25) is 15.9 Å². The molecule has 0 saturated heterocycles. The first-order valence-electron chi connectivity index (χ1n) is 11.8. The van der Waals surface area contributed by atoms with Crippen molar-refractivity contribution in [2.75, 3.05) is 40.5 Å². The first-order valence-corrected chi connectivity index (χ1v) is 13.2. The Hall–Kier alpha value is -3.21. The molecule has 1 atom stereocenters. The lowest BCUT2D eigenvalue weighted by Gasteiger charge is -2.35. The zero-order chi connectivity index (χ0) is 25.9. The van der Waals surface area contributed by atoms with E-state index in [1.54, 1.807) is 44.3 Å². The Morgan fingerprint density at radius 1 is 1.19 bits per heavy atom. The van der Waals surface area contributed by atoms with Gasteiger partial charge >= 0.3 is 0 Å². The molecule has 0 saturated carbocycles. The standard InChI is InChI=1S/C26H32N4O5S/c1-18-14-21(34-4)15-19(2)26(18)36(32,33)29(3)12-13-35-16-23(31)30-11-10-22-24(28-17-27-22)25(30)20-8-6-5-7-9-20/h5-9,14-15,17,25H,10-13,16H2,1-4H3,(H,27,28). The van der Waals surface area contributed by atoms with E-state index in [0.717, 1.165) is 17.0 Å². The minimum Gasteiger partial charge on any atom is -0.497 e. The van der Waals surface area contributed by atoms with Crippen molar-refractivity contribution in [2.45, 2.75) is 31.2 Å². The molecule has 36 heavy (non-hydrogen) atoms. The molecule has 0 fully saturated rings. The highest BCUT2D eigenvalue weighted by molar-refractivity contribution is 7.89. The molecular weight excluding hydrogens is 480 g/mol. The molecule has 0 aliphatic carbocycles. The summed E-state index contributed by atoms with van der Waals surface area (Å²) < 4.78 is 38.5. The minimum atomic E-state index is -3.73. The molecule has 1 unspecified atom stereocenters. The Morgan fingerprint density at radius 2 is 1.89 bits per heavy atom. The summed E-state index contributed by atoms with van der Waals surface area (Å²) in [5, 5.41) is 0. The van der Waals surface area contributed by atoms with Gasteiger partial charge in [-0.15, -0.1) is 0 Å². The van der Waals surface area contributed by atoms with E-state index in [-0.39, 0.29) is 36.6 Å². The number of likely N-dealkylation sites (N-methyl/N-ethyl adjacent to an activating group) is 1. The van der Waals surface area contributed by atoms with Crippen LogP contribution in [0.4, 0.5) is 0 Å². The number of ether oxygens (including phenoxy) is 2. The number of aromatic amines is 1. The summed E-state index contributed by atoms with van der Waals surface area (Å²) >= 11 is 0. The van der Waals surface area contributed by atoms with Crippen LogP contribution in [0.1, 0.15) is 34.1 Å². The number of rotatable bonds is 9. The number of carbonyl (C=O) groups is 1. The smallest absolute Gasteiger partial charge is 0.249 e. The molecule has 1 amide bonds. The zero-order valence-electron chi connectivity index (χ0n) is 21.0. The van der Waals surface area contributed by atoms with Gasteiger partial charge in [-0.3, -0.25) is 4.79 Å². The van der Waals surface area contributed by atoms with E-state index in [9.17, 15) is 13.2 Å². The summed E-state index contributed by atoms with van der Waals surface area (Å²) in [4.78, 5) is 22.8. The van der Waals surface area contributed by atoms with Crippen LogP contribution in [0.15, 0.2) is 53.7 Å². The summed E-state index contributed by atoms with van der Waals surface area (Å²) in [6, 6.07) is 12.9. The number of fused-ring (bicyclic) bond motifs is 1.